The average Bonchev–Trinajstić information content (AvgIpc) is 3.01. The van der Waals surface area contributed by atoms with Gasteiger partial charge in [0, 0.05) is 42.1 Å². The summed E-state index contributed by atoms with van der Waals surface area (Å²) in [6.07, 6.45) is -2.42. The molecule has 0 aliphatic rings. The van der Waals surface area contributed by atoms with Gasteiger partial charge >= 0.3 is 6.18 Å². The van der Waals surface area contributed by atoms with Gasteiger partial charge in [-0.2, -0.15) is 17.6 Å². The molecule has 0 bridgehead atoms. The number of halogens is 4. The van der Waals surface area contributed by atoms with Crippen LogP contribution >= 0.6 is 0 Å². The summed E-state index contributed by atoms with van der Waals surface area (Å²) in [7, 11) is 1.47. The highest BCUT2D eigenvalue weighted by atomic mass is 19.4. The molecule has 0 aliphatic heterocycles. The molecule has 5 aromatic rings. The Morgan fingerprint density at radius 3 is 2.23 bits per heavy atom. The molecule has 9 nitrogen and oxygen atoms in total. The van der Waals surface area contributed by atoms with Crippen molar-refractivity contribution in [3.8, 4) is 11.5 Å². The number of hydrogen-bond donors (Lipinski definition) is 3. The number of nitrogens with zero attached hydrogens (tertiary/aromatic N) is 2. The van der Waals surface area contributed by atoms with Gasteiger partial charge in [-0.05, 0) is 53.9 Å². The first-order chi connectivity index (χ1) is 21.0. The third kappa shape index (κ3) is 6.31. The zero-order valence-corrected chi connectivity index (χ0v) is 22.7. The van der Waals surface area contributed by atoms with E-state index in [0.717, 1.165) is 18.3 Å². The largest absolute Gasteiger partial charge is 0.457 e. The van der Waals surface area contributed by atoms with Crippen molar-refractivity contribution in [2.75, 3.05) is 17.7 Å². The highest BCUT2D eigenvalue weighted by Gasteiger charge is 2.35. The van der Waals surface area contributed by atoms with E-state index in [1.807, 2.05) is 0 Å². The molecule has 3 aromatic carbocycles. The van der Waals surface area contributed by atoms with Gasteiger partial charge < -0.3 is 20.7 Å². The third-order valence-electron chi connectivity index (χ3n) is 6.38. The molecule has 0 saturated carbocycles. The molecule has 0 spiro atoms. The fourth-order valence-corrected chi connectivity index (χ4v) is 4.33. The van der Waals surface area contributed by atoms with Gasteiger partial charge in [-0.15, -0.1) is 0 Å². The molecule has 3 amide bonds. The molecular formula is C31H21F4N5O4. The van der Waals surface area contributed by atoms with E-state index >= 15 is 0 Å². The van der Waals surface area contributed by atoms with Crippen LogP contribution in [0.2, 0.25) is 0 Å². The van der Waals surface area contributed by atoms with Crippen molar-refractivity contribution in [1.82, 2.24) is 15.3 Å². The Morgan fingerprint density at radius 1 is 0.750 bits per heavy atom. The number of pyridine rings is 2. The first kappa shape index (κ1) is 29.6. The van der Waals surface area contributed by atoms with Gasteiger partial charge in [0.2, 0.25) is 5.95 Å². The Bertz CT molecular complexity index is 1910. The second-order valence-corrected chi connectivity index (χ2v) is 9.22. The first-order valence-corrected chi connectivity index (χ1v) is 12.9. The van der Waals surface area contributed by atoms with Crippen molar-refractivity contribution >= 4 is 39.9 Å². The molecule has 0 saturated heterocycles. The minimum Gasteiger partial charge on any atom is -0.457 e. The van der Waals surface area contributed by atoms with Crippen molar-refractivity contribution in [3.63, 3.8) is 0 Å². The molecule has 222 valence electrons. The van der Waals surface area contributed by atoms with Crippen LogP contribution in [0.3, 0.4) is 0 Å². The van der Waals surface area contributed by atoms with E-state index in [1.54, 1.807) is 36.4 Å². The smallest absolute Gasteiger partial charge is 0.418 e. The van der Waals surface area contributed by atoms with Crippen LogP contribution in [0.15, 0.2) is 91.3 Å². The average molecular weight is 604 g/mol. The van der Waals surface area contributed by atoms with E-state index in [4.69, 9.17) is 4.74 Å². The fraction of sp³-hybridized carbons (Fsp3) is 0.0645. The lowest BCUT2D eigenvalue weighted by atomic mass is 10.0. The summed E-state index contributed by atoms with van der Waals surface area (Å²) in [4.78, 5) is 45.0. The Balaban J connectivity index is 1.41. The Labute approximate surface area is 246 Å². The van der Waals surface area contributed by atoms with Gasteiger partial charge in [-0.1, -0.05) is 24.3 Å². The number of rotatable bonds is 7. The summed E-state index contributed by atoms with van der Waals surface area (Å²) in [5.74, 6) is -2.70. The number of amides is 3. The van der Waals surface area contributed by atoms with Crippen molar-refractivity contribution in [1.29, 1.82) is 0 Å². The molecule has 3 N–H and O–H groups in total. The van der Waals surface area contributed by atoms with Crippen LogP contribution in [-0.2, 0) is 6.18 Å². The lowest BCUT2D eigenvalue weighted by molar-refractivity contribution is -0.136. The number of nitrogens with one attached hydrogen (secondary N) is 3. The van der Waals surface area contributed by atoms with Crippen LogP contribution in [0.25, 0.3) is 10.8 Å². The minimum absolute atomic E-state index is 0.137. The van der Waals surface area contributed by atoms with Crippen molar-refractivity contribution in [2.45, 2.75) is 6.18 Å². The maximum Gasteiger partial charge on any atom is 0.418 e. The number of carbonyl (C=O) groups excluding carboxylic acids is 3. The fourth-order valence-electron chi connectivity index (χ4n) is 4.33. The Kier molecular flexibility index (Phi) is 8.20. The number of fused-ring (bicyclic) bond motifs is 1. The maximum atomic E-state index is 14.0. The molecule has 0 atom stereocenters. The van der Waals surface area contributed by atoms with Gasteiger partial charge in [0.15, 0.2) is 0 Å². The van der Waals surface area contributed by atoms with Gasteiger partial charge in [0.1, 0.15) is 17.2 Å². The van der Waals surface area contributed by atoms with E-state index in [1.165, 1.54) is 37.5 Å². The van der Waals surface area contributed by atoms with Gasteiger partial charge in [0.05, 0.1) is 16.8 Å². The van der Waals surface area contributed by atoms with Crippen LogP contribution in [0, 0.1) is 5.95 Å². The zero-order valence-electron chi connectivity index (χ0n) is 22.7. The number of alkyl halides is 3. The number of ether oxygens (including phenoxy) is 1. The normalized spacial score (nSPS) is 11.1. The molecule has 0 unspecified atom stereocenters. The molecule has 44 heavy (non-hydrogen) atoms. The maximum absolute atomic E-state index is 14.0. The molecule has 2 heterocycles. The van der Waals surface area contributed by atoms with Crippen LogP contribution < -0.4 is 20.7 Å². The first-order valence-electron chi connectivity index (χ1n) is 12.9. The number of hydrogen-bond acceptors (Lipinski definition) is 6. The number of carbonyl (C=O) groups is 3. The number of aromatic nitrogens is 2. The monoisotopic (exact) mass is 603 g/mol. The summed E-state index contributed by atoms with van der Waals surface area (Å²) < 4.78 is 61.7. The van der Waals surface area contributed by atoms with Crippen LogP contribution in [-0.4, -0.2) is 34.7 Å². The van der Waals surface area contributed by atoms with Crippen LogP contribution in [0.5, 0.6) is 11.5 Å². The van der Waals surface area contributed by atoms with Crippen LogP contribution in [0.4, 0.5) is 28.9 Å². The van der Waals surface area contributed by atoms with E-state index in [2.05, 4.69) is 25.9 Å². The molecule has 0 fully saturated rings. The van der Waals surface area contributed by atoms with Crippen molar-refractivity contribution in [3.05, 3.63) is 120 Å². The lowest BCUT2D eigenvalue weighted by Gasteiger charge is -2.16. The summed E-state index contributed by atoms with van der Waals surface area (Å²) in [5.41, 5.74) is -2.34. The zero-order chi connectivity index (χ0) is 31.4. The molecule has 2 aromatic heterocycles. The summed E-state index contributed by atoms with van der Waals surface area (Å²) in [6, 6.07) is 17.9. The molecule has 0 aliphatic carbocycles. The molecule has 0 radical (unpaired) electrons. The quantitative estimate of drug-likeness (QED) is 0.145. The Morgan fingerprint density at radius 2 is 1.48 bits per heavy atom. The standard InChI is InChI=1S/C31H21F4N5O4/c1-36-30(43)25-16-18(12-14-37-25)44-26-9-3-5-19-20(26)6-2-7-21(19)28(41)39-17-10-11-24(23(15-17)31(33,34)35)40-29(42)22-8-4-13-38-27(22)32/h2-16H,1H3,(H,36,43)(H,39,41)(H,40,42). The van der Waals surface area contributed by atoms with E-state index in [0.29, 0.717) is 28.3 Å². The summed E-state index contributed by atoms with van der Waals surface area (Å²) in [5, 5.41) is 7.97. The van der Waals surface area contributed by atoms with Gasteiger partial charge in [-0.3, -0.25) is 19.4 Å². The number of anilines is 2. The predicted molar refractivity (Wildman–Crippen MR) is 153 cm³/mol. The van der Waals surface area contributed by atoms with E-state index < -0.39 is 46.7 Å². The van der Waals surface area contributed by atoms with Crippen LogP contribution in [0.1, 0.15) is 36.8 Å². The van der Waals surface area contributed by atoms with Gasteiger partial charge in [-0.25, -0.2) is 4.98 Å². The predicted octanol–water partition coefficient (Wildman–Crippen LogP) is 6.44. The molecule has 5 rings (SSSR count). The minimum atomic E-state index is -4.92. The molecular weight excluding hydrogens is 582 g/mol. The lowest BCUT2D eigenvalue weighted by Crippen LogP contribution is -2.19. The van der Waals surface area contributed by atoms with Crippen molar-refractivity contribution in [2.24, 2.45) is 0 Å². The summed E-state index contributed by atoms with van der Waals surface area (Å²) in [6.45, 7) is 0. The topological polar surface area (TPSA) is 122 Å². The van der Waals surface area contributed by atoms with Crippen molar-refractivity contribution < 1.29 is 36.7 Å². The van der Waals surface area contributed by atoms with Gasteiger partial charge in [0.25, 0.3) is 17.7 Å². The highest BCUT2D eigenvalue weighted by molar-refractivity contribution is 6.14. The second-order valence-electron chi connectivity index (χ2n) is 9.22. The SMILES string of the molecule is CNC(=O)c1cc(Oc2cccc3c(C(=O)Nc4ccc(NC(=O)c5cccnc5F)c(C(F)(F)F)c4)cccc23)ccn1. The third-order valence-corrected chi connectivity index (χ3v) is 6.38. The second kappa shape index (κ2) is 12.2. The Hall–Kier alpha value is -5.85. The number of benzene rings is 3. The summed E-state index contributed by atoms with van der Waals surface area (Å²) >= 11 is 0. The molecule has 13 heteroatoms. The van der Waals surface area contributed by atoms with E-state index in [-0.39, 0.29) is 16.9 Å². The van der Waals surface area contributed by atoms with E-state index in [9.17, 15) is 31.9 Å². The highest BCUT2D eigenvalue weighted by Crippen LogP contribution is 2.37.